The maximum atomic E-state index is 12.4. The molecular weight excluding hydrogens is 268 g/mol. The second-order valence-corrected chi connectivity index (χ2v) is 5.40. The average molecular weight is 286 g/mol. The third kappa shape index (κ3) is 2.26. The van der Waals surface area contributed by atoms with Gasteiger partial charge in [0.05, 0.1) is 18.1 Å². The lowest BCUT2D eigenvalue weighted by atomic mass is 10.2. The predicted octanol–water partition coefficient (Wildman–Crippen LogP) is 1.90. The Morgan fingerprint density at radius 3 is 3.05 bits per heavy atom. The Hall–Kier alpha value is -2.37. The van der Waals surface area contributed by atoms with Gasteiger partial charge in [-0.15, -0.1) is 0 Å². The molecule has 1 fully saturated rings. The van der Waals surface area contributed by atoms with Crippen LogP contribution in [0.2, 0.25) is 0 Å². The minimum atomic E-state index is -0.494. The van der Waals surface area contributed by atoms with Crippen LogP contribution in [-0.2, 0) is 9.59 Å². The lowest BCUT2D eigenvalue weighted by Crippen LogP contribution is -2.40. The fourth-order valence-electron chi connectivity index (χ4n) is 2.69. The average Bonchev–Trinajstić information content (AvgIpc) is 3.05. The van der Waals surface area contributed by atoms with Crippen molar-refractivity contribution in [2.75, 3.05) is 5.32 Å². The highest BCUT2D eigenvalue weighted by Crippen LogP contribution is 2.26. The summed E-state index contributed by atoms with van der Waals surface area (Å²) in [6, 6.07) is 5.15. The zero-order valence-electron chi connectivity index (χ0n) is 12.1. The number of rotatable bonds is 4. The Morgan fingerprint density at radius 2 is 2.29 bits per heavy atom. The molecule has 3 rings (SSSR count). The molecule has 21 heavy (non-hydrogen) atoms. The van der Waals surface area contributed by atoms with Crippen LogP contribution in [0.1, 0.15) is 26.7 Å². The van der Waals surface area contributed by atoms with Crippen molar-refractivity contribution in [3.05, 3.63) is 24.4 Å². The van der Waals surface area contributed by atoms with Gasteiger partial charge in [0.15, 0.2) is 0 Å². The molecule has 0 aliphatic carbocycles. The van der Waals surface area contributed by atoms with E-state index in [2.05, 4.69) is 15.5 Å². The smallest absolute Gasteiger partial charge is 0.252 e. The van der Waals surface area contributed by atoms with Crippen LogP contribution in [-0.4, -0.2) is 39.0 Å². The first kappa shape index (κ1) is 13.6. The summed E-state index contributed by atoms with van der Waals surface area (Å²) in [6.07, 6.45) is 2.68. The van der Waals surface area contributed by atoms with Crippen molar-refractivity contribution in [2.24, 2.45) is 0 Å². The van der Waals surface area contributed by atoms with Gasteiger partial charge in [-0.25, -0.2) is 0 Å². The minimum absolute atomic E-state index is 0.0542. The first-order chi connectivity index (χ1) is 10.1. The van der Waals surface area contributed by atoms with Crippen molar-refractivity contribution >= 4 is 28.4 Å². The standard InChI is InChI=1S/C15H18N4O2/c1-3-9(2)19-14(20)7-13(15(19)21)17-11-5-4-6-12-10(11)8-16-18-12/h4-6,8-9,13,17H,3,7H2,1-2H3,(H,16,18). The maximum absolute atomic E-state index is 12.4. The van der Waals surface area contributed by atoms with Crippen LogP contribution in [0.15, 0.2) is 24.4 Å². The topological polar surface area (TPSA) is 78.1 Å². The van der Waals surface area contributed by atoms with Crippen LogP contribution in [0, 0.1) is 0 Å². The predicted molar refractivity (Wildman–Crippen MR) is 79.7 cm³/mol. The molecule has 0 radical (unpaired) electrons. The Morgan fingerprint density at radius 1 is 1.48 bits per heavy atom. The van der Waals surface area contributed by atoms with Gasteiger partial charge in [0.25, 0.3) is 5.91 Å². The van der Waals surface area contributed by atoms with E-state index in [4.69, 9.17) is 0 Å². The second kappa shape index (κ2) is 5.20. The van der Waals surface area contributed by atoms with Gasteiger partial charge in [0.1, 0.15) is 6.04 Å². The molecule has 2 amide bonds. The number of imide groups is 1. The van der Waals surface area contributed by atoms with E-state index < -0.39 is 6.04 Å². The summed E-state index contributed by atoms with van der Waals surface area (Å²) in [4.78, 5) is 25.8. The number of carbonyl (C=O) groups is 2. The molecule has 1 aromatic heterocycles. The van der Waals surface area contributed by atoms with Crippen molar-refractivity contribution in [1.82, 2.24) is 15.1 Å². The van der Waals surface area contributed by atoms with E-state index in [0.29, 0.717) is 0 Å². The van der Waals surface area contributed by atoms with Gasteiger partial charge in [0, 0.05) is 17.1 Å². The van der Waals surface area contributed by atoms with Crippen molar-refractivity contribution in [2.45, 2.75) is 38.8 Å². The van der Waals surface area contributed by atoms with Crippen LogP contribution < -0.4 is 5.32 Å². The van der Waals surface area contributed by atoms with Crippen molar-refractivity contribution in [1.29, 1.82) is 0 Å². The molecule has 1 saturated heterocycles. The minimum Gasteiger partial charge on any atom is -0.373 e. The summed E-state index contributed by atoms with van der Waals surface area (Å²) in [5.41, 5.74) is 1.72. The number of amides is 2. The molecule has 0 spiro atoms. The maximum Gasteiger partial charge on any atom is 0.252 e. The Labute approximate surface area is 122 Å². The first-order valence-electron chi connectivity index (χ1n) is 7.16. The van der Waals surface area contributed by atoms with E-state index in [1.54, 1.807) is 6.20 Å². The van der Waals surface area contributed by atoms with Crippen molar-refractivity contribution in [3.8, 4) is 0 Å². The number of benzene rings is 1. The SMILES string of the molecule is CCC(C)N1C(=O)CC(Nc2cccc3[nH]ncc23)C1=O. The van der Waals surface area contributed by atoms with Gasteiger partial charge >= 0.3 is 0 Å². The highest BCUT2D eigenvalue weighted by molar-refractivity contribution is 6.07. The monoisotopic (exact) mass is 286 g/mol. The van der Waals surface area contributed by atoms with Crippen LogP contribution in [0.5, 0.6) is 0 Å². The molecule has 1 aliphatic rings. The molecule has 2 aromatic rings. The van der Waals surface area contributed by atoms with Gasteiger partial charge in [-0.2, -0.15) is 5.10 Å². The number of fused-ring (bicyclic) bond motifs is 1. The van der Waals surface area contributed by atoms with E-state index in [1.165, 1.54) is 4.90 Å². The molecular formula is C15H18N4O2. The van der Waals surface area contributed by atoms with Crippen LogP contribution in [0.3, 0.4) is 0 Å². The molecule has 0 bridgehead atoms. The normalized spacial score (nSPS) is 20.3. The van der Waals surface area contributed by atoms with Crippen LogP contribution in [0.25, 0.3) is 10.9 Å². The Kier molecular flexibility index (Phi) is 3.37. The summed E-state index contributed by atoms with van der Waals surface area (Å²) < 4.78 is 0. The zero-order valence-corrected chi connectivity index (χ0v) is 12.1. The lowest BCUT2D eigenvalue weighted by Gasteiger charge is -2.22. The second-order valence-electron chi connectivity index (χ2n) is 5.40. The summed E-state index contributed by atoms with van der Waals surface area (Å²) in [7, 11) is 0. The van der Waals surface area contributed by atoms with Gasteiger partial charge in [-0.1, -0.05) is 13.0 Å². The van der Waals surface area contributed by atoms with Gasteiger partial charge < -0.3 is 5.32 Å². The summed E-state index contributed by atoms with van der Waals surface area (Å²) in [5.74, 6) is -0.249. The van der Waals surface area contributed by atoms with E-state index >= 15 is 0 Å². The number of hydrogen-bond acceptors (Lipinski definition) is 4. The molecule has 6 nitrogen and oxygen atoms in total. The number of carbonyl (C=O) groups excluding carboxylic acids is 2. The highest BCUT2D eigenvalue weighted by atomic mass is 16.2. The zero-order chi connectivity index (χ0) is 15.0. The Bertz CT molecular complexity index is 694. The first-order valence-corrected chi connectivity index (χ1v) is 7.16. The summed E-state index contributed by atoms with van der Waals surface area (Å²) in [6.45, 7) is 3.87. The molecule has 0 saturated carbocycles. The molecule has 1 aliphatic heterocycles. The van der Waals surface area contributed by atoms with Crippen LogP contribution in [0.4, 0.5) is 5.69 Å². The number of aromatic amines is 1. The molecule has 2 unspecified atom stereocenters. The van der Waals surface area contributed by atoms with Gasteiger partial charge in [-0.3, -0.25) is 19.6 Å². The molecule has 1 aromatic carbocycles. The molecule has 2 atom stereocenters. The number of hydrogen-bond donors (Lipinski definition) is 2. The third-order valence-corrected chi connectivity index (χ3v) is 4.03. The molecule has 2 heterocycles. The fraction of sp³-hybridized carbons (Fsp3) is 0.400. The quantitative estimate of drug-likeness (QED) is 0.841. The van der Waals surface area contributed by atoms with E-state index in [9.17, 15) is 9.59 Å². The summed E-state index contributed by atoms with van der Waals surface area (Å²) >= 11 is 0. The fourth-order valence-corrected chi connectivity index (χ4v) is 2.69. The molecule has 2 N–H and O–H groups in total. The van der Waals surface area contributed by atoms with E-state index in [1.807, 2.05) is 32.0 Å². The van der Waals surface area contributed by atoms with Gasteiger partial charge in [-0.05, 0) is 25.5 Å². The Balaban J connectivity index is 1.84. The number of likely N-dealkylation sites (tertiary alicyclic amines) is 1. The van der Waals surface area contributed by atoms with Crippen LogP contribution >= 0.6 is 0 Å². The number of nitrogens with zero attached hydrogens (tertiary/aromatic N) is 2. The number of aromatic nitrogens is 2. The number of nitrogens with one attached hydrogen (secondary N) is 2. The largest absolute Gasteiger partial charge is 0.373 e. The van der Waals surface area contributed by atoms with Crippen molar-refractivity contribution in [3.63, 3.8) is 0 Å². The van der Waals surface area contributed by atoms with Gasteiger partial charge in [0.2, 0.25) is 5.91 Å². The third-order valence-electron chi connectivity index (χ3n) is 4.03. The van der Waals surface area contributed by atoms with Crippen molar-refractivity contribution < 1.29 is 9.59 Å². The van der Waals surface area contributed by atoms with E-state index in [0.717, 1.165) is 23.0 Å². The molecule has 6 heteroatoms. The van der Waals surface area contributed by atoms with E-state index in [-0.39, 0.29) is 24.3 Å². The molecule has 110 valence electrons. The summed E-state index contributed by atoms with van der Waals surface area (Å²) in [5, 5.41) is 11.0. The number of H-pyrrole nitrogens is 1. The lowest BCUT2D eigenvalue weighted by molar-refractivity contribution is -0.140. The highest BCUT2D eigenvalue weighted by Gasteiger charge is 2.40. The number of anilines is 1.